The van der Waals surface area contributed by atoms with Gasteiger partial charge in [-0.05, 0) is 30.7 Å². The summed E-state index contributed by atoms with van der Waals surface area (Å²) in [5.74, 6) is -0.898. The van der Waals surface area contributed by atoms with Crippen LogP contribution in [0.15, 0.2) is 35.4 Å². The largest absolute Gasteiger partial charge is 0.508 e. The number of halogens is 1. The van der Waals surface area contributed by atoms with Crippen LogP contribution in [0.5, 0.6) is 5.75 Å². The van der Waals surface area contributed by atoms with Crippen molar-refractivity contribution in [2.45, 2.75) is 11.8 Å². The number of rotatable bonds is 2. The van der Waals surface area contributed by atoms with Gasteiger partial charge in [0, 0.05) is 24.1 Å². The van der Waals surface area contributed by atoms with E-state index in [1.165, 1.54) is 24.4 Å². The molecule has 0 unspecified atom stereocenters. The lowest BCUT2D eigenvalue weighted by Crippen LogP contribution is -2.02. The zero-order chi connectivity index (χ0) is 14.2. The number of aryl methyl sites for hydroxylation is 1. The van der Waals surface area contributed by atoms with Crippen molar-refractivity contribution in [1.29, 1.82) is 0 Å². The maximum atomic E-state index is 13.9. The Morgan fingerprint density at radius 1 is 1.32 bits per heavy atom. The van der Waals surface area contributed by atoms with E-state index in [0.29, 0.717) is 5.56 Å². The van der Waals surface area contributed by atoms with Gasteiger partial charge in [0.25, 0.3) is 0 Å². The fourth-order valence-electron chi connectivity index (χ4n) is 1.74. The van der Waals surface area contributed by atoms with Gasteiger partial charge in [0.15, 0.2) is 9.84 Å². The molecule has 0 atom stereocenters. The first kappa shape index (κ1) is 13.5. The maximum Gasteiger partial charge on any atom is 0.177 e. The SMILES string of the molecule is Cc1cc(-c2ncccc2S(C)(=O)=O)c(F)cc1O. The lowest BCUT2D eigenvalue weighted by atomic mass is 10.1. The summed E-state index contributed by atoms with van der Waals surface area (Å²) in [5.41, 5.74) is 0.545. The Morgan fingerprint density at radius 3 is 2.63 bits per heavy atom. The Morgan fingerprint density at radius 2 is 2.00 bits per heavy atom. The first-order chi connectivity index (χ1) is 8.80. The number of hydrogen-bond donors (Lipinski definition) is 1. The van der Waals surface area contributed by atoms with Gasteiger partial charge < -0.3 is 5.11 Å². The third kappa shape index (κ3) is 2.58. The van der Waals surface area contributed by atoms with E-state index in [2.05, 4.69) is 4.98 Å². The molecule has 0 saturated heterocycles. The molecule has 1 heterocycles. The third-order valence-corrected chi connectivity index (χ3v) is 3.84. The highest BCUT2D eigenvalue weighted by Gasteiger charge is 2.19. The third-order valence-electron chi connectivity index (χ3n) is 2.71. The number of benzene rings is 1. The molecule has 2 rings (SSSR count). The summed E-state index contributed by atoms with van der Waals surface area (Å²) < 4.78 is 37.2. The molecule has 1 N–H and O–H groups in total. The van der Waals surface area contributed by atoms with E-state index in [4.69, 9.17) is 0 Å². The molecule has 0 fully saturated rings. The standard InChI is InChI=1S/C13H12FNO3S/c1-8-6-9(10(14)7-11(8)16)13-12(19(2,17)18)4-3-5-15-13/h3-7,16H,1-2H3. The number of hydrogen-bond acceptors (Lipinski definition) is 4. The van der Waals surface area contributed by atoms with E-state index in [0.717, 1.165) is 12.3 Å². The molecular weight excluding hydrogens is 269 g/mol. The van der Waals surface area contributed by atoms with Crippen LogP contribution < -0.4 is 0 Å². The average molecular weight is 281 g/mol. The lowest BCUT2D eigenvalue weighted by molar-refractivity contribution is 0.465. The maximum absolute atomic E-state index is 13.9. The van der Waals surface area contributed by atoms with Gasteiger partial charge in [-0.25, -0.2) is 12.8 Å². The van der Waals surface area contributed by atoms with E-state index in [-0.39, 0.29) is 21.9 Å². The quantitative estimate of drug-likeness (QED) is 0.917. The van der Waals surface area contributed by atoms with E-state index >= 15 is 0 Å². The molecule has 0 amide bonds. The molecule has 0 aliphatic heterocycles. The van der Waals surface area contributed by atoms with Gasteiger partial charge in [0.1, 0.15) is 11.6 Å². The number of aromatic hydroxyl groups is 1. The molecule has 2 aromatic rings. The van der Waals surface area contributed by atoms with Crippen molar-refractivity contribution >= 4 is 9.84 Å². The number of phenols is 1. The Labute approximate surface area is 110 Å². The van der Waals surface area contributed by atoms with E-state index in [9.17, 15) is 17.9 Å². The summed E-state index contributed by atoms with van der Waals surface area (Å²) >= 11 is 0. The smallest absolute Gasteiger partial charge is 0.177 e. The van der Waals surface area contributed by atoms with Crippen LogP contribution in [0.2, 0.25) is 0 Å². The molecule has 19 heavy (non-hydrogen) atoms. The topological polar surface area (TPSA) is 67.3 Å². The van der Waals surface area contributed by atoms with Crippen molar-refractivity contribution < 1.29 is 17.9 Å². The molecule has 0 spiro atoms. The number of aromatic nitrogens is 1. The number of sulfone groups is 1. The van der Waals surface area contributed by atoms with Gasteiger partial charge in [0.2, 0.25) is 0 Å². The molecule has 4 nitrogen and oxygen atoms in total. The molecule has 6 heteroatoms. The van der Waals surface area contributed by atoms with Gasteiger partial charge in [-0.2, -0.15) is 0 Å². The van der Waals surface area contributed by atoms with Crippen molar-refractivity contribution in [2.24, 2.45) is 0 Å². The Hall–Kier alpha value is -1.95. The number of phenolic OH excluding ortho intramolecular Hbond substituents is 1. The minimum Gasteiger partial charge on any atom is -0.508 e. The van der Waals surface area contributed by atoms with Crippen molar-refractivity contribution in [2.75, 3.05) is 6.26 Å². The van der Waals surface area contributed by atoms with Crippen LogP contribution in [0.4, 0.5) is 4.39 Å². The fraction of sp³-hybridized carbons (Fsp3) is 0.154. The summed E-state index contributed by atoms with van der Waals surface area (Å²) in [5, 5.41) is 9.42. The minimum absolute atomic E-state index is 0.0426. The van der Waals surface area contributed by atoms with Gasteiger partial charge >= 0.3 is 0 Å². The predicted molar refractivity (Wildman–Crippen MR) is 69.1 cm³/mol. The van der Waals surface area contributed by atoms with Gasteiger partial charge in [0.05, 0.1) is 10.6 Å². The second kappa shape index (κ2) is 4.62. The second-order valence-electron chi connectivity index (χ2n) is 4.24. The monoisotopic (exact) mass is 281 g/mol. The summed E-state index contributed by atoms with van der Waals surface area (Å²) in [6, 6.07) is 5.18. The molecule has 1 aromatic carbocycles. The molecule has 0 radical (unpaired) electrons. The van der Waals surface area contributed by atoms with Crippen LogP contribution in [0.3, 0.4) is 0 Å². The molecule has 0 bridgehead atoms. The van der Waals surface area contributed by atoms with Crippen LogP contribution in [0.1, 0.15) is 5.56 Å². The van der Waals surface area contributed by atoms with Crippen LogP contribution in [-0.4, -0.2) is 24.8 Å². The normalized spacial score (nSPS) is 11.5. The first-order valence-electron chi connectivity index (χ1n) is 5.45. The van der Waals surface area contributed by atoms with Gasteiger partial charge in [-0.1, -0.05) is 0 Å². The summed E-state index contributed by atoms with van der Waals surface area (Å²) in [4.78, 5) is 3.90. The van der Waals surface area contributed by atoms with E-state index in [1.807, 2.05) is 0 Å². The van der Waals surface area contributed by atoms with Crippen molar-refractivity contribution in [3.05, 3.63) is 41.8 Å². The van der Waals surface area contributed by atoms with E-state index in [1.54, 1.807) is 6.92 Å². The highest BCUT2D eigenvalue weighted by Crippen LogP contribution is 2.31. The zero-order valence-corrected chi connectivity index (χ0v) is 11.2. The second-order valence-corrected chi connectivity index (χ2v) is 6.23. The molecule has 1 aromatic heterocycles. The average Bonchev–Trinajstić information content (AvgIpc) is 2.33. The molecular formula is C13H12FNO3S. The highest BCUT2D eigenvalue weighted by molar-refractivity contribution is 7.90. The zero-order valence-electron chi connectivity index (χ0n) is 10.4. The fourth-order valence-corrected chi connectivity index (χ4v) is 2.58. The van der Waals surface area contributed by atoms with E-state index < -0.39 is 15.7 Å². The summed E-state index contributed by atoms with van der Waals surface area (Å²) in [7, 11) is -3.51. The number of pyridine rings is 1. The predicted octanol–water partition coefficient (Wildman–Crippen LogP) is 2.31. The van der Waals surface area contributed by atoms with Crippen molar-refractivity contribution in [3.63, 3.8) is 0 Å². The lowest BCUT2D eigenvalue weighted by Gasteiger charge is -2.09. The molecule has 0 aliphatic rings. The number of nitrogens with zero attached hydrogens (tertiary/aromatic N) is 1. The van der Waals surface area contributed by atoms with Crippen molar-refractivity contribution in [3.8, 4) is 17.0 Å². The summed E-state index contributed by atoms with van der Waals surface area (Å²) in [6.07, 6.45) is 2.43. The Kier molecular flexibility index (Phi) is 3.28. The van der Waals surface area contributed by atoms with Gasteiger partial charge in [-0.3, -0.25) is 4.98 Å². The highest BCUT2D eigenvalue weighted by atomic mass is 32.2. The van der Waals surface area contributed by atoms with Crippen LogP contribution in [0.25, 0.3) is 11.3 Å². The molecule has 100 valence electrons. The molecule has 0 saturated carbocycles. The van der Waals surface area contributed by atoms with Crippen LogP contribution in [-0.2, 0) is 9.84 Å². The first-order valence-corrected chi connectivity index (χ1v) is 7.34. The van der Waals surface area contributed by atoms with Crippen LogP contribution >= 0.6 is 0 Å². The Bertz CT molecular complexity index is 742. The van der Waals surface area contributed by atoms with Crippen molar-refractivity contribution in [1.82, 2.24) is 4.98 Å². The van der Waals surface area contributed by atoms with Gasteiger partial charge in [-0.15, -0.1) is 0 Å². The Balaban J connectivity index is 2.77. The minimum atomic E-state index is -3.51. The molecule has 0 aliphatic carbocycles. The summed E-state index contributed by atoms with van der Waals surface area (Å²) in [6.45, 7) is 1.60. The van der Waals surface area contributed by atoms with Crippen LogP contribution in [0, 0.1) is 12.7 Å².